The molecule has 3 heterocycles. The molecule has 3 aliphatic rings. The number of fused-ring (bicyclic) bond motifs is 2. The molecule has 1 saturated heterocycles. The molecule has 0 aromatic heterocycles. The molecule has 216 valence electrons. The van der Waals surface area contributed by atoms with Crippen molar-refractivity contribution >= 4 is 17.5 Å². The lowest BCUT2D eigenvalue weighted by Gasteiger charge is -2.38. The summed E-state index contributed by atoms with van der Waals surface area (Å²) in [5.74, 6) is 1.34. The monoisotopic (exact) mass is 553 g/mol. The minimum Gasteiger partial charge on any atom is -0.486 e. The van der Waals surface area contributed by atoms with Crippen LogP contribution in [-0.4, -0.2) is 85.6 Å². The Bertz CT molecular complexity index is 1220. The van der Waals surface area contributed by atoms with Gasteiger partial charge in [-0.15, -0.1) is 0 Å². The molecule has 0 unspecified atom stereocenters. The fourth-order valence-electron chi connectivity index (χ4n) is 5.48. The number of aliphatic hydroxyl groups excluding tert-OH is 1. The van der Waals surface area contributed by atoms with Gasteiger partial charge in [-0.25, -0.2) is 0 Å². The molecular weight excluding hydrogens is 514 g/mol. The maximum atomic E-state index is 13.7. The van der Waals surface area contributed by atoms with Crippen molar-refractivity contribution in [2.24, 2.45) is 11.8 Å². The summed E-state index contributed by atoms with van der Waals surface area (Å²) in [5, 5.41) is 13.0. The molecule has 40 heavy (non-hydrogen) atoms. The van der Waals surface area contributed by atoms with Crippen LogP contribution in [0.4, 0.5) is 5.69 Å². The van der Waals surface area contributed by atoms with Gasteiger partial charge in [0, 0.05) is 44.7 Å². The van der Waals surface area contributed by atoms with E-state index in [1.165, 1.54) is 0 Å². The van der Waals surface area contributed by atoms with Gasteiger partial charge in [-0.05, 0) is 56.6 Å². The predicted octanol–water partition coefficient (Wildman–Crippen LogP) is 3.13. The number of carbonyl (C=O) groups is 2. The Morgan fingerprint density at radius 2 is 1.95 bits per heavy atom. The lowest BCUT2D eigenvalue weighted by molar-refractivity contribution is -0.122. The minimum absolute atomic E-state index is 0.0513. The normalized spacial score (nSPS) is 21.8. The van der Waals surface area contributed by atoms with Crippen LogP contribution in [0, 0.1) is 11.8 Å². The van der Waals surface area contributed by atoms with E-state index in [1.807, 2.05) is 32.2 Å². The van der Waals surface area contributed by atoms with Gasteiger partial charge in [0.15, 0.2) is 17.2 Å². The number of hydrogen-bond acceptors (Lipinski definition) is 8. The van der Waals surface area contributed by atoms with Crippen LogP contribution in [0.5, 0.6) is 17.2 Å². The van der Waals surface area contributed by atoms with Crippen LogP contribution in [0.2, 0.25) is 0 Å². The standard InChI is InChI=1S/C30H39N3O7/c1-19-14-33(20(2)17-34)30(36)23-5-4-6-24(31-29(35)22-9-11-37-12-10-22)28(23)40-27(19)16-32(3)15-21-7-8-25-26(13-21)39-18-38-25/h4-8,13,19-20,22,27,34H,9-12,14-18H2,1-3H3,(H,31,35)/t19-,20-,27+/m1/s1. The molecule has 3 aliphatic heterocycles. The number of anilines is 1. The Hall–Kier alpha value is -3.34. The Kier molecular flexibility index (Phi) is 8.78. The highest BCUT2D eigenvalue weighted by atomic mass is 16.7. The van der Waals surface area contributed by atoms with Gasteiger partial charge < -0.3 is 34.3 Å². The van der Waals surface area contributed by atoms with E-state index in [1.54, 1.807) is 23.1 Å². The van der Waals surface area contributed by atoms with Crippen molar-refractivity contribution in [1.29, 1.82) is 0 Å². The molecule has 2 aromatic rings. The molecule has 2 amide bonds. The van der Waals surface area contributed by atoms with Crippen molar-refractivity contribution in [3.05, 3.63) is 47.5 Å². The smallest absolute Gasteiger partial charge is 0.258 e. The van der Waals surface area contributed by atoms with E-state index >= 15 is 0 Å². The van der Waals surface area contributed by atoms with Crippen LogP contribution in [0.1, 0.15) is 42.6 Å². The summed E-state index contributed by atoms with van der Waals surface area (Å²) in [6.07, 6.45) is 1.03. The molecule has 0 aliphatic carbocycles. The zero-order valence-electron chi connectivity index (χ0n) is 23.4. The molecule has 10 nitrogen and oxygen atoms in total. The van der Waals surface area contributed by atoms with E-state index in [4.69, 9.17) is 18.9 Å². The van der Waals surface area contributed by atoms with Crippen molar-refractivity contribution in [3.8, 4) is 17.2 Å². The van der Waals surface area contributed by atoms with Crippen LogP contribution >= 0.6 is 0 Å². The fraction of sp³-hybridized carbons (Fsp3) is 0.533. The maximum Gasteiger partial charge on any atom is 0.258 e. The Balaban J connectivity index is 1.40. The van der Waals surface area contributed by atoms with Gasteiger partial charge in [-0.3, -0.25) is 14.5 Å². The third-order valence-electron chi connectivity index (χ3n) is 7.92. The molecule has 2 aromatic carbocycles. The van der Waals surface area contributed by atoms with Crippen molar-refractivity contribution in [1.82, 2.24) is 9.80 Å². The molecule has 0 spiro atoms. The van der Waals surface area contributed by atoms with Crippen LogP contribution in [-0.2, 0) is 16.1 Å². The van der Waals surface area contributed by atoms with E-state index in [-0.39, 0.29) is 49.2 Å². The minimum atomic E-state index is -0.367. The number of para-hydroxylation sites is 1. The second-order valence-corrected chi connectivity index (χ2v) is 11.1. The van der Waals surface area contributed by atoms with E-state index < -0.39 is 0 Å². The molecule has 2 N–H and O–H groups in total. The van der Waals surface area contributed by atoms with Gasteiger partial charge >= 0.3 is 0 Å². The summed E-state index contributed by atoms with van der Waals surface area (Å²) in [7, 11) is 2.03. The van der Waals surface area contributed by atoms with Gasteiger partial charge in [0.25, 0.3) is 5.91 Å². The van der Waals surface area contributed by atoms with Crippen molar-refractivity contribution < 1.29 is 33.6 Å². The summed E-state index contributed by atoms with van der Waals surface area (Å²) in [6.45, 7) is 6.76. The number of nitrogens with one attached hydrogen (secondary N) is 1. The molecule has 5 rings (SSSR count). The third kappa shape index (κ3) is 6.19. The zero-order valence-corrected chi connectivity index (χ0v) is 23.4. The highest BCUT2D eigenvalue weighted by Gasteiger charge is 2.35. The Morgan fingerprint density at radius 1 is 1.18 bits per heavy atom. The Morgan fingerprint density at radius 3 is 2.73 bits per heavy atom. The summed E-state index contributed by atoms with van der Waals surface area (Å²) in [4.78, 5) is 30.7. The van der Waals surface area contributed by atoms with E-state index in [0.717, 1.165) is 17.1 Å². The molecule has 1 fully saturated rings. The molecule has 0 radical (unpaired) electrons. The van der Waals surface area contributed by atoms with Crippen molar-refractivity contribution in [3.63, 3.8) is 0 Å². The van der Waals surface area contributed by atoms with Crippen LogP contribution in [0.3, 0.4) is 0 Å². The number of aliphatic hydroxyl groups is 1. The first-order valence-corrected chi connectivity index (χ1v) is 14.0. The molecule has 3 atom stereocenters. The van der Waals surface area contributed by atoms with Crippen molar-refractivity contribution in [2.45, 2.75) is 45.4 Å². The lowest BCUT2D eigenvalue weighted by atomic mass is 9.98. The predicted molar refractivity (Wildman–Crippen MR) is 149 cm³/mol. The average Bonchev–Trinajstić information content (AvgIpc) is 3.43. The van der Waals surface area contributed by atoms with Crippen LogP contribution in [0.15, 0.2) is 36.4 Å². The first-order chi connectivity index (χ1) is 19.3. The molecule has 0 saturated carbocycles. The number of likely N-dealkylation sites (N-methyl/N-ethyl adjacent to an activating group) is 1. The number of benzene rings is 2. The number of amides is 2. The summed E-state index contributed by atoms with van der Waals surface area (Å²) >= 11 is 0. The number of hydrogen-bond donors (Lipinski definition) is 2. The average molecular weight is 554 g/mol. The molecule has 0 bridgehead atoms. The molecule has 10 heteroatoms. The molecular formula is C30H39N3O7. The first-order valence-electron chi connectivity index (χ1n) is 14.0. The van der Waals surface area contributed by atoms with Gasteiger partial charge in [0.05, 0.1) is 23.9 Å². The number of rotatable bonds is 8. The zero-order chi connectivity index (χ0) is 28.2. The maximum absolute atomic E-state index is 13.7. The van der Waals surface area contributed by atoms with Crippen molar-refractivity contribution in [2.75, 3.05) is 52.1 Å². The number of ether oxygens (including phenoxy) is 4. The third-order valence-corrected chi connectivity index (χ3v) is 7.92. The van der Waals surface area contributed by atoms with Gasteiger partial charge in [0.1, 0.15) is 6.10 Å². The van der Waals surface area contributed by atoms with E-state index in [0.29, 0.717) is 62.7 Å². The number of carbonyl (C=O) groups excluding carboxylic acids is 2. The van der Waals surface area contributed by atoms with E-state index in [2.05, 4.69) is 17.1 Å². The van der Waals surface area contributed by atoms with Gasteiger partial charge in [-0.1, -0.05) is 19.1 Å². The lowest BCUT2D eigenvalue weighted by Crippen LogP contribution is -2.49. The summed E-state index contributed by atoms with van der Waals surface area (Å²) in [6, 6.07) is 10.8. The second kappa shape index (κ2) is 12.4. The quantitative estimate of drug-likeness (QED) is 0.513. The Labute approximate surface area is 235 Å². The largest absolute Gasteiger partial charge is 0.486 e. The van der Waals surface area contributed by atoms with Crippen LogP contribution in [0.25, 0.3) is 0 Å². The van der Waals surface area contributed by atoms with Gasteiger partial charge in [0.2, 0.25) is 12.7 Å². The first kappa shape index (κ1) is 28.2. The summed E-state index contributed by atoms with van der Waals surface area (Å²) in [5.41, 5.74) is 1.94. The van der Waals surface area contributed by atoms with Gasteiger partial charge in [-0.2, -0.15) is 0 Å². The number of nitrogens with zero attached hydrogens (tertiary/aromatic N) is 2. The fourth-order valence-corrected chi connectivity index (χ4v) is 5.48. The highest BCUT2D eigenvalue weighted by molar-refractivity contribution is 6.02. The topological polar surface area (TPSA) is 110 Å². The highest BCUT2D eigenvalue weighted by Crippen LogP contribution is 2.36. The summed E-state index contributed by atoms with van der Waals surface area (Å²) < 4.78 is 23.0. The SMILES string of the molecule is C[C@@H]1CN([C@H](C)CO)C(=O)c2cccc(NC(=O)C3CCOCC3)c2O[C@H]1CN(C)Cc1ccc2c(c1)OCO2. The van der Waals surface area contributed by atoms with E-state index in [9.17, 15) is 14.7 Å². The van der Waals surface area contributed by atoms with Crippen LogP contribution < -0.4 is 19.5 Å². The second-order valence-electron chi connectivity index (χ2n) is 11.1.